The van der Waals surface area contributed by atoms with Crippen LogP contribution in [0.15, 0.2) is 23.3 Å². The van der Waals surface area contributed by atoms with E-state index in [4.69, 9.17) is 4.55 Å². The van der Waals surface area contributed by atoms with Crippen molar-refractivity contribution in [3.8, 4) is 0 Å². The van der Waals surface area contributed by atoms with Gasteiger partial charge in [-0.05, 0) is 0 Å². The zero-order chi connectivity index (χ0) is 24.0. The molecule has 0 atom stereocenters. The lowest BCUT2D eigenvalue weighted by Gasteiger charge is -2.27. The smallest absolute Gasteiger partial charge is 0.279 e. The van der Waals surface area contributed by atoms with E-state index in [2.05, 4.69) is 0 Å². The van der Waals surface area contributed by atoms with Gasteiger partial charge in [0.15, 0.2) is 11.7 Å². The minimum absolute atomic E-state index is 1.63. The minimum atomic E-state index is -7.27. The minimum Gasteiger partial charge on any atom is -0.279 e. The summed E-state index contributed by atoms with van der Waals surface area (Å²) in [5, 5.41) is 0. The molecule has 0 rings (SSSR count). The molecule has 20 heteroatoms. The van der Waals surface area contributed by atoms with Gasteiger partial charge in [-0.2, -0.15) is 56.7 Å². The van der Waals surface area contributed by atoms with E-state index < -0.39 is 63.0 Å². The van der Waals surface area contributed by atoms with Gasteiger partial charge in [-0.15, -0.1) is 0 Å². The number of rotatable bonds is 7. The van der Waals surface area contributed by atoms with Crippen LogP contribution in [-0.2, 0) is 14.9 Å². The molecule has 29 heavy (non-hydrogen) atoms. The Balaban J connectivity index is 6.44. The van der Waals surface area contributed by atoms with Crippen molar-refractivity contribution in [1.29, 1.82) is 0 Å². The normalized spacial score (nSPS) is 17.1. The fourth-order valence-corrected chi connectivity index (χ4v) is 1.20. The van der Waals surface area contributed by atoms with Gasteiger partial charge in [0, 0.05) is 0 Å². The Morgan fingerprint density at radius 2 is 0.966 bits per heavy atom. The monoisotopic (exact) mass is 490 g/mol. The van der Waals surface area contributed by atoms with Crippen LogP contribution < -0.4 is 0 Å². The van der Waals surface area contributed by atoms with Crippen molar-refractivity contribution in [2.45, 2.75) is 29.6 Å². The van der Waals surface area contributed by atoms with E-state index in [-0.39, 0.29) is 0 Å². The first-order valence-electron chi connectivity index (χ1n) is 5.71. The van der Waals surface area contributed by atoms with E-state index in [1.54, 1.807) is 4.74 Å². The third-order valence-electron chi connectivity index (χ3n) is 2.40. The Labute approximate surface area is 148 Å². The molecular weight excluding hydrogens is 489 g/mol. The molecule has 0 saturated carbocycles. The topological polar surface area (TPSA) is 63.6 Å². The quantitative estimate of drug-likeness (QED) is 0.304. The van der Waals surface area contributed by atoms with E-state index in [9.17, 15) is 74.3 Å². The molecular formula is C9HF15O4S. The SMILES string of the molecule is O=S(=O)(O)C(F)(F)OC(F)(F)C(F)(F)C(F)=C(F)C(F)=C(F)C(F)(F)C(F)(F)F. The van der Waals surface area contributed by atoms with Crippen LogP contribution in [0.25, 0.3) is 0 Å². The zero-order valence-corrected chi connectivity index (χ0v) is 13.1. The highest BCUT2D eigenvalue weighted by Crippen LogP contribution is 2.49. The highest BCUT2D eigenvalue weighted by atomic mass is 32.2. The lowest BCUT2D eigenvalue weighted by molar-refractivity contribution is -0.401. The molecule has 0 spiro atoms. The highest BCUT2D eigenvalue weighted by molar-refractivity contribution is 7.86. The third-order valence-corrected chi connectivity index (χ3v) is 3.08. The molecule has 0 aromatic heterocycles. The van der Waals surface area contributed by atoms with Gasteiger partial charge in [0.1, 0.15) is 0 Å². The Morgan fingerprint density at radius 1 is 0.655 bits per heavy atom. The fourth-order valence-electron chi connectivity index (χ4n) is 0.987. The third kappa shape index (κ3) is 5.08. The van der Waals surface area contributed by atoms with Crippen LogP contribution in [0.4, 0.5) is 65.9 Å². The molecule has 172 valence electrons. The maximum atomic E-state index is 13.0. The van der Waals surface area contributed by atoms with Crippen molar-refractivity contribution in [2.24, 2.45) is 0 Å². The standard InChI is InChI=1S/C9HF15O4S/c10-1(3(12)5(14,15)7(18,19)20)2(11)4(13)6(16,17)8(21,22)28-9(23,24)29(25,26)27/h(H,25,26,27). The first-order valence-corrected chi connectivity index (χ1v) is 7.15. The van der Waals surface area contributed by atoms with Gasteiger partial charge in [-0.3, -0.25) is 4.55 Å². The predicted octanol–water partition coefficient (Wildman–Crippen LogP) is 5.17. The molecule has 0 aromatic rings. The van der Waals surface area contributed by atoms with Gasteiger partial charge in [-0.1, -0.05) is 0 Å². The summed E-state index contributed by atoms with van der Waals surface area (Å²) in [5.41, 5.74) is -6.65. The summed E-state index contributed by atoms with van der Waals surface area (Å²) in [4.78, 5) is 0. The molecule has 0 aliphatic carbocycles. The molecule has 0 amide bonds. The van der Waals surface area contributed by atoms with Crippen LogP contribution in [0.2, 0.25) is 0 Å². The van der Waals surface area contributed by atoms with E-state index in [1.165, 1.54) is 0 Å². The lowest BCUT2D eigenvalue weighted by atomic mass is 10.2. The van der Waals surface area contributed by atoms with E-state index in [0.717, 1.165) is 0 Å². The van der Waals surface area contributed by atoms with Crippen LogP contribution in [0.1, 0.15) is 0 Å². The number of hydrogen-bond acceptors (Lipinski definition) is 3. The number of allylic oxidation sites excluding steroid dienone is 3. The second-order valence-corrected chi connectivity index (χ2v) is 5.89. The Bertz CT molecular complexity index is 806. The average molecular weight is 490 g/mol. The molecule has 0 saturated heterocycles. The number of halogens is 15. The average Bonchev–Trinajstić information content (AvgIpc) is 2.48. The first kappa shape index (κ1) is 27.3. The second-order valence-electron chi connectivity index (χ2n) is 4.46. The van der Waals surface area contributed by atoms with Crippen LogP contribution >= 0.6 is 0 Å². The summed E-state index contributed by atoms with van der Waals surface area (Å²) in [5.74, 6) is -32.5. The van der Waals surface area contributed by atoms with Crippen molar-refractivity contribution in [3.05, 3.63) is 23.3 Å². The first-order chi connectivity index (χ1) is 12.3. The Hall–Kier alpha value is -1.70. The summed E-state index contributed by atoms with van der Waals surface area (Å²) < 4.78 is 218. The zero-order valence-electron chi connectivity index (χ0n) is 12.2. The van der Waals surface area contributed by atoms with E-state index in [1.807, 2.05) is 0 Å². The molecule has 0 unspecified atom stereocenters. The van der Waals surface area contributed by atoms with Crippen molar-refractivity contribution >= 4 is 10.1 Å². The van der Waals surface area contributed by atoms with E-state index in [0.29, 0.717) is 0 Å². The molecule has 4 nitrogen and oxygen atoms in total. The van der Waals surface area contributed by atoms with Crippen molar-refractivity contribution in [3.63, 3.8) is 0 Å². The number of ether oxygens (including phenoxy) is 1. The van der Waals surface area contributed by atoms with Crippen molar-refractivity contribution in [1.82, 2.24) is 0 Å². The molecule has 0 aromatic carbocycles. The lowest BCUT2D eigenvalue weighted by Crippen LogP contribution is -2.50. The number of alkyl halides is 11. The van der Waals surface area contributed by atoms with Gasteiger partial charge < -0.3 is 0 Å². The molecule has 0 aliphatic rings. The van der Waals surface area contributed by atoms with Gasteiger partial charge in [0.25, 0.3) is 0 Å². The summed E-state index contributed by atoms with van der Waals surface area (Å²) >= 11 is 0. The Kier molecular flexibility index (Phi) is 7.08. The van der Waals surface area contributed by atoms with Gasteiger partial charge in [0.05, 0.1) is 0 Å². The largest absolute Gasteiger partial charge is 0.492 e. The molecule has 0 aliphatic heterocycles. The highest BCUT2D eigenvalue weighted by Gasteiger charge is 2.69. The predicted molar refractivity (Wildman–Crippen MR) is 57.0 cm³/mol. The summed E-state index contributed by atoms with van der Waals surface area (Å²) in [7, 11) is -7.08. The summed E-state index contributed by atoms with van der Waals surface area (Å²) in [6, 6.07) is 0. The van der Waals surface area contributed by atoms with Crippen LogP contribution in [0.5, 0.6) is 0 Å². The molecule has 0 radical (unpaired) electrons. The maximum absolute atomic E-state index is 13.0. The van der Waals surface area contributed by atoms with Crippen LogP contribution in [0, 0.1) is 0 Å². The molecule has 0 bridgehead atoms. The van der Waals surface area contributed by atoms with E-state index >= 15 is 0 Å². The molecule has 0 heterocycles. The van der Waals surface area contributed by atoms with Crippen LogP contribution in [0.3, 0.4) is 0 Å². The summed E-state index contributed by atoms with van der Waals surface area (Å²) in [6.45, 7) is 0. The Morgan fingerprint density at radius 3 is 1.24 bits per heavy atom. The second kappa shape index (κ2) is 7.52. The van der Waals surface area contributed by atoms with Crippen molar-refractivity contribution in [2.75, 3.05) is 0 Å². The number of hydrogen-bond donors (Lipinski definition) is 1. The van der Waals surface area contributed by atoms with Gasteiger partial charge in [0.2, 0.25) is 11.7 Å². The molecule has 0 fully saturated rings. The van der Waals surface area contributed by atoms with Crippen molar-refractivity contribution < 1.29 is 83.6 Å². The maximum Gasteiger partial charge on any atom is 0.492 e. The fraction of sp³-hybridized carbons (Fsp3) is 0.556. The van der Waals surface area contributed by atoms with Gasteiger partial charge >= 0.3 is 39.7 Å². The summed E-state index contributed by atoms with van der Waals surface area (Å²) in [6.07, 6.45) is -14.3. The molecule has 1 N–H and O–H groups in total. The van der Waals surface area contributed by atoms with Crippen LogP contribution in [-0.4, -0.2) is 42.5 Å². The van der Waals surface area contributed by atoms with Gasteiger partial charge in [-0.25, -0.2) is 22.3 Å².